The maximum atomic E-state index is 11.5. The fourth-order valence-electron chi connectivity index (χ4n) is 1.21. The molecule has 1 heterocycles. The van der Waals surface area contributed by atoms with Crippen molar-refractivity contribution in [3.8, 4) is 0 Å². The second-order valence-corrected chi connectivity index (χ2v) is 3.43. The van der Waals surface area contributed by atoms with E-state index in [1.54, 1.807) is 31.5 Å². The first-order valence-corrected chi connectivity index (χ1v) is 4.90. The highest BCUT2D eigenvalue weighted by Gasteiger charge is 2.16. The fraction of sp³-hybridized carbons (Fsp3) is 0.364. The smallest absolute Gasteiger partial charge is 0.314 e. The Balaban J connectivity index is 2.62. The maximum Gasteiger partial charge on any atom is 0.314 e. The van der Waals surface area contributed by atoms with Gasteiger partial charge in [-0.15, -0.1) is 0 Å². The highest BCUT2D eigenvalue weighted by molar-refractivity contribution is 5.75. The van der Waals surface area contributed by atoms with Crippen LogP contribution in [0.1, 0.15) is 12.5 Å². The third-order valence-electron chi connectivity index (χ3n) is 2.06. The summed E-state index contributed by atoms with van der Waals surface area (Å²) in [6.07, 6.45) is 4.62. The van der Waals surface area contributed by atoms with Crippen molar-refractivity contribution in [2.75, 3.05) is 13.7 Å². The lowest BCUT2D eigenvalue weighted by Gasteiger charge is -2.09. The number of carbonyl (C=O) groups excluding carboxylic acids is 1. The lowest BCUT2D eigenvalue weighted by atomic mass is 10.2. The van der Waals surface area contributed by atoms with Gasteiger partial charge in [-0.1, -0.05) is 0 Å². The number of carbonyl (C=O) groups is 1. The van der Waals surface area contributed by atoms with E-state index < -0.39 is 5.92 Å². The Hall–Kier alpha value is -1.91. The summed E-state index contributed by atoms with van der Waals surface area (Å²) in [5.74, 6) is -0.829. The van der Waals surface area contributed by atoms with Crippen molar-refractivity contribution in [1.29, 1.82) is 0 Å². The Bertz CT molecular complexity index is 376. The predicted octanol–water partition coefficient (Wildman–Crippen LogP) is 0.820. The highest BCUT2D eigenvalue weighted by atomic mass is 16.5. The number of nitrogens with zero attached hydrogens (tertiary/aromatic N) is 2. The van der Waals surface area contributed by atoms with E-state index in [9.17, 15) is 10.0 Å². The number of aromatic nitrogens is 1. The third kappa shape index (κ3) is 3.68. The molecular formula is C11H14N2O3. The minimum atomic E-state index is -0.444. The van der Waals surface area contributed by atoms with Gasteiger partial charge in [-0.3, -0.25) is 9.78 Å². The van der Waals surface area contributed by atoms with E-state index in [0.29, 0.717) is 0 Å². The average Bonchev–Trinajstić information content (AvgIpc) is 2.29. The molecule has 1 unspecified atom stereocenters. The van der Waals surface area contributed by atoms with E-state index in [-0.39, 0.29) is 12.5 Å². The molecule has 0 saturated heterocycles. The normalized spacial score (nSPS) is 13.2. The van der Waals surface area contributed by atoms with E-state index in [1.165, 1.54) is 13.3 Å². The average molecular weight is 222 g/mol. The Morgan fingerprint density at radius 2 is 2.25 bits per heavy atom. The van der Waals surface area contributed by atoms with Crippen LogP contribution in [0.5, 0.6) is 0 Å². The molecule has 0 spiro atoms. The molecule has 0 saturated carbocycles. The van der Waals surface area contributed by atoms with Crippen LogP contribution in [-0.2, 0) is 9.53 Å². The quantitative estimate of drug-likeness (QED) is 0.249. The standard InChI is InChI=1S/C11H14N2O3/c1-9(11(14)16-2)7-13(15)8-10-3-5-12-6-4-10/h3-6,8-9H,7H2,1-2H3/b13-8+. The molecule has 5 nitrogen and oxygen atoms in total. The Labute approximate surface area is 94.0 Å². The number of pyridine rings is 1. The van der Waals surface area contributed by atoms with Crippen LogP contribution in [0.4, 0.5) is 0 Å². The largest absolute Gasteiger partial charge is 0.624 e. The molecular weight excluding hydrogens is 208 g/mol. The summed E-state index contributed by atoms with van der Waals surface area (Å²) in [6, 6.07) is 3.43. The Morgan fingerprint density at radius 3 is 2.81 bits per heavy atom. The van der Waals surface area contributed by atoms with Crippen molar-refractivity contribution < 1.29 is 14.3 Å². The number of hydroxylamine groups is 1. The first-order chi connectivity index (χ1) is 7.63. The Kier molecular flexibility index (Phi) is 4.44. The summed E-state index contributed by atoms with van der Waals surface area (Å²) < 4.78 is 5.25. The lowest BCUT2D eigenvalue weighted by molar-refractivity contribution is -0.458. The van der Waals surface area contributed by atoms with E-state index in [2.05, 4.69) is 9.72 Å². The van der Waals surface area contributed by atoms with Gasteiger partial charge in [-0.25, -0.2) is 4.74 Å². The van der Waals surface area contributed by atoms with Crippen molar-refractivity contribution in [3.63, 3.8) is 0 Å². The van der Waals surface area contributed by atoms with Gasteiger partial charge in [0.1, 0.15) is 5.92 Å². The fourth-order valence-corrected chi connectivity index (χ4v) is 1.21. The maximum absolute atomic E-state index is 11.5. The van der Waals surface area contributed by atoms with Crippen molar-refractivity contribution >= 4 is 12.2 Å². The molecule has 86 valence electrons. The number of hydrogen-bond acceptors (Lipinski definition) is 4. The summed E-state index contributed by atoms with van der Waals surface area (Å²) in [5.41, 5.74) is 0.752. The molecule has 16 heavy (non-hydrogen) atoms. The van der Waals surface area contributed by atoms with Crippen molar-refractivity contribution in [2.24, 2.45) is 5.92 Å². The minimum absolute atomic E-state index is 0.0784. The minimum Gasteiger partial charge on any atom is -0.624 e. The summed E-state index contributed by atoms with van der Waals surface area (Å²) in [6.45, 7) is 1.73. The van der Waals surface area contributed by atoms with E-state index >= 15 is 0 Å². The van der Waals surface area contributed by atoms with Gasteiger partial charge in [0.25, 0.3) is 0 Å². The number of hydrogen-bond donors (Lipinski definition) is 0. The SMILES string of the molecule is COC(=O)C(C)C/[N+]([O-])=C\c1ccncc1. The van der Waals surface area contributed by atoms with Crippen LogP contribution in [0, 0.1) is 11.1 Å². The molecule has 0 N–H and O–H groups in total. The van der Waals surface area contributed by atoms with Crippen LogP contribution in [0.15, 0.2) is 24.5 Å². The second-order valence-electron chi connectivity index (χ2n) is 3.43. The summed E-state index contributed by atoms with van der Waals surface area (Å²) in [7, 11) is 1.31. The van der Waals surface area contributed by atoms with Crippen LogP contribution in [0.3, 0.4) is 0 Å². The molecule has 0 aliphatic heterocycles. The van der Waals surface area contributed by atoms with Crippen molar-refractivity contribution in [2.45, 2.75) is 6.92 Å². The molecule has 5 heteroatoms. The zero-order valence-electron chi connectivity index (χ0n) is 9.29. The monoisotopic (exact) mass is 222 g/mol. The van der Waals surface area contributed by atoms with Gasteiger partial charge in [0, 0.05) is 18.0 Å². The molecule has 1 aromatic rings. The van der Waals surface area contributed by atoms with Crippen LogP contribution < -0.4 is 0 Å². The van der Waals surface area contributed by atoms with Gasteiger partial charge in [0.15, 0.2) is 12.8 Å². The molecule has 0 bridgehead atoms. The van der Waals surface area contributed by atoms with Gasteiger partial charge < -0.3 is 9.94 Å². The summed E-state index contributed by atoms with van der Waals surface area (Å²) in [5, 5.41) is 11.5. The predicted molar refractivity (Wildman–Crippen MR) is 59.1 cm³/mol. The van der Waals surface area contributed by atoms with Crippen LogP contribution in [0.25, 0.3) is 0 Å². The van der Waals surface area contributed by atoms with Crippen LogP contribution in [0.2, 0.25) is 0 Å². The van der Waals surface area contributed by atoms with E-state index in [0.717, 1.165) is 10.3 Å². The first-order valence-electron chi connectivity index (χ1n) is 4.90. The first kappa shape index (κ1) is 12.2. The molecule has 1 rings (SSSR count). The lowest BCUT2D eigenvalue weighted by Crippen LogP contribution is -2.23. The second kappa shape index (κ2) is 5.85. The summed E-state index contributed by atoms with van der Waals surface area (Å²) >= 11 is 0. The molecule has 1 atom stereocenters. The molecule has 0 aromatic carbocycles. The van der Waals surface area contributed by atoms with Crippen molar-refractivity contribution in [3.05, 3.63) is 35.3 Å². The number of methoxy groups -OCH3 is 1. The summed E-state index contributed by atoms with van der Waals surface area (Å²) in [4.78, 5) is 14.9. The van der Waals surface area contributed by atoms with E-state index in [4.69, 9.17) is 0 Å². The highest BCUT2D eigenvalue weighted by Crippen LogP contribution is 1.98. The van der Waals surface area contributed by atoms with Crippen LogP contribution in [-0.4, -0.2) is 35.6 Å². The molecule has 0 fully saturated rings. The molecule has 0 amide bonds. The topological polar surface area (TPSA) is 65.3 Å². The third-order valence-corrected chi connectivity index (χ3v) is 2.06. The van der Waals surface area contributed by atoms with Gasteiger partial charge in [0.05, 0.1) is 7.11 Å². The van der Waals surface area contributed by atoms with Crippen molar-refractivity contribution in [1.82, 2.24) is 4.98 Å². The zero-order chi connectivity index (χ0) is 12.0. The number of esters is 1. The molecule has 0 aliphatic rings. The molecule has 1 aromatic heterocycles. The molecule has 0 radical (unpaired) electrons. The number of rotatable bonds is 4. The van der Waals surface area contributed by atoms with E-state index in [1.807, 2.05) is 0 Å². The van der Waals surface area contributed by atoms with Crippen LogP contribution >= 0.6 is 0 Å². The Morgan fingerprint density at radius 1 is 1.62 bits per heavy atom. The van der Waals surface area contributed by atoms with Gasteiger partial charge in [-0.05, 0) is 19.1 Å². The van der Waals surface area contributed by atoms with Gasteiger partial charge in [0.2, 0.25) is 0 Å². The number of ether oxygens (including phenoxy) is 1. The zero-order valence-corrected chi connectivity index (χ0v) is 9.29. The molecule has 0 aliphatic carbocycles. The van der Waals surface area contributed by atoms with Gasteiger partial charge in [-0.2, -0.15) is 0 Å². The van der Waals surface area contributed by atoms with Gasteiger partial charge >= 0.3 is 5.97 Å².